The summed E-state index contributed by atoms with van der Waals surface area (Å²) in [6.07, 6.45) is -1.80. The molecule has 2 rings (SSSR count). The normalized spacial score (nSPS) is 14.3. The molecule has 0 aliphatic heterocycles. The number of hydrogen-bond donors (Lipinski definition) is 3. The Morgan fingerprint density at radius 2 is 1.74 bits per heavy atom. The Labute approximate surface area is 174 Å². The Bertz CT molecular complexity index is 616. The van der Waals surface area contributed by atoms with Gasteiger partial charge in [0.2, 0.25) is 5.91 Å². The summed E-state index contributed by atoms with van der Waals surface area (Å²) in [4.78, 5) is 15.9. The van der Waals surface area contributed by atoms with E-state index in [1.165, 1.54) is 12.1 Å². The van der Waals surface area contributed by atoms with Gasteiger partial charge in [-0.05, 0) is 43.9 Å². The highest BCUT2D eigenvalue weighted by Crippen LogP contribution is 2.29. The van der Waals surface area contributed by atoms with E-state index in [0.717, 1.165) is 30.5 Å². The van der Waals surface area contributed by atoms with Crippen LogP contribution in [0.25, 0.3) is 0 Å². The highest BCUT2D eigenvalue weighted by atomic mass is 127. The lowest BCUT2D eigenvalue weighted by atomic mass is 10.1. The topological polar surface area (TPSA) is 65.5 Å². The summed E-state index contributed by atoms with van der Waals surface area (Å²) in [6, 6.07) is 5.13. The van der Waals surface area contributed by atoms with Crippen LogP contribution in [0.3, 0.4) is 0 Å². The molecule has 1 aliphatic carbocycles. The van der Waals surface area contributed by atoms with Crippen LogP contribution >= 0.6 is 24.0 Å². The first-order valence-corrected chi connectivity index (χ1v) is 8.86. The van der Waals surface area contributed by atoms with Gasteiger partial charge >= 0.3 is 6.18 Å². The van der Waals surface area contributed by atoms with Gasteiger partial charge in [0.05, 0.1) is 5.56 Å². The third kappa shape index (κ3) is 8.81. The summed E-state index contributed by atoms with van der Waals surface area (Å²) in [5.41, 5.74) is 0.155. The lowest BCUT2D eigenvalue weighted by Gasteiger charge is -2.12. The Morgan fingerprint density at radius 1 is 1.11 bits per heavy atom. The van der Waals surface area contributed by atoms with Crippen molar-refractivity contribution in [1.29, 1.82) is 0 Å². The molecule has 0 atom stereocenters. The Kier molecular flexibility index (Phi) is 9.89. The van der Waals surface area contributed by atoms with E-state index in [-0.39, 0.29) is 35.8 Å². The molecule has 1 aliphatic rings. The average Bonchev–Trinajstić information content (AvgIpc) is 3.43. The number of carbonyl (C=O) groups excluding carboxylic acids is 1. The van der Waals surface area contributed by atoms with Crippen molar-refractivity contribution in [1.82, 2.24) is 16.0 Å². The highest BCUT2D eigenvalue weighted by molar-refractivity contribution is 14.0. The molecule has 0 heterocycles. The number of guanidine groups is 1. The summed E-state index contributed by atoms with van der Waals surface area (Å²) < 4.78 is 37.6. The summed E-state index contributed by atoms with van der Waals surface area (Å²) in [5.74, 6) is 0.928. The van der Waals surface area contributed by atoms with Gasteiger partial charge in [-0.15, -0.1) is 24.0 Å². The summed E-state index contributed by atoms with van der Waals surface area (Å²) in [7, 11) is 0. The number of amides is 1. The predicted molar refractivity (Wildman–Crippen MR) is 110 cm³/mol. The molecule has 1 fully saturated rings. The van der Waals surface area contributed by atoms with Crippen LogP contribution in [0.4, 0.5) is 13.2 Å². The molecule has 5 nitrogen and oxygen atoms in total. The molecule has 152 valence electrons. The van der Waals surface area contributed by atoms with Gasteiger partial charge in [0, 0.05) is 32.1 Å². The van der Waals surface area contributed by atoms with Crippen LogP contribution in [0.15, 0.2) is 29.3 Å². The van der Waals surface area contributed by atoms with Crippen LogP contribution < -0.4 is 16.0 Å². The second-order valence-corrected chi connectivity index (χ2v) is 6.20. The SMILES string of the molecule is CCNC(=NCCc1ccc(C(F)(F)F)cc1)NCCNC(=O)C1CC1.I. The van der Waals surface area contributed by atoms with Crippen molar-refractivity contribution in [2.45, 2.75) is 32.4 Å². The zero-order valence-electron chi connectivity index (χ0n) is 15.2. The van der Waals surface area contributed by atoms with Crippen LogP contribution in [-0.4, -0.2) is 38.0 Å². The number of nitrogens with zero attached hydrogens (tertiary/aromatic N) is 1. The van der Waals surface area contributed by atoms with Crippen molar-refractivity contribution in [3.63, 3.8) is 0 Å². The molecule has 1 aromatic carbocycles. The van der Waals surface area contributed by atoms with Gasteiger partial charge in [0.1, 0.15) is 0 Å². The van der Waals surface area contributed by atoms with Gasteiger partial charge in [-0.2, -0.15) is 13.2 Å². The molecule has 9 heteroatoms. The summed E-state index contributed by atoms with van der Waals surface area (Å²) in [6.45, 7) is 4.18. The molecule has 0 saturated heterocycles. The lowest BCUT2D eigenvalue weighted by molar-refractivity contribution is -0.137. The van der Waals surface area contributed by atoms with Crippen molar-refractivity contribution >= 4 is 35.8 Å². The molecule has 1 saturated carbocycles. The monoisotopic (exact) mass is 498 g/mol. The molecule has 0 bridgehead atoms. The Balaban J connectivity index is 0.00000364. The third-order valence-corrected chi connectivity index (χ3v) is 3.96. The fourth-order valence-electron chi connectivity index (χ4n) is 2.36. The van der Waals surface area contributed by atoms with E-state index < -0.39 is 11.7 Å². The van der Waals surface area contributed by atoms with E-state index in [1.807, 2.05) is 6.92 Å². The molecular formula is C18H26F3IN4O. The first-order valence-electron chi connectivity index (χ1n) is 8.86. The molecule has 0 aromatic heterocycles. The zero-order valence-corrected chi connectivity index (χ0v) is 17.6. The van der Waals surface area contributed by atoms with E-state index >= 15 is 0 Å². The van der Waals surface area contributed by atoms with Crippen LogP contribution in [0.2, 0.25) is 0 Å². The predicted octanol–water partition coefficient (Wildman–Crippen LogP) is 2.95. The van der Waals surface area contributed by atoms with E-state index in [4.69, 9.17) is 0 Å². The maximum Gasteiger partial charge on any atom is 0.416 e. The number of aliphatic imine (C=N–C) groups is 1. The van der Waals surface area contributed by atoms with Crippen LogP contribution in [0.5, 0.6) is 0 Å². The second kappa shape index (κ2) is 11.4. The van der Waals surface area contributed by atoms with Gasteiger partial charge in [0.15, 0.2) is 5.96 Å². The summed E-state index contributed by atoms with van der Waals surface area (Å²) in [5, 5.41) is 9.09. The van der Waals surface area contributed by atoms with Gasteiger partial charge in [-0.3, -0.25) is 9.79 Å². The molecule has 0 radical (unpaired) electrons. The number of benzene rings is 1. The van der Waals surface area contributed by atoms with E-state index in [9.17, 15) is 18.0 Å². The average molecular weight is 498 g/mol. The fraction of sp³-hybridized carbons (Fsp3) is 0.556. The number of alkyl halides is 3. The Morgan fingerprint density at radius 3 is 2.30 bits per heavy atom. The minimum Gasteiger partial charge on any atom is -0.357 e. The van der Waals surface area contributed by atoms with Crippen molar-refractivity contribution in [2.24, 2.45) is 10.9 Å². The number of hydrogen-bond acceptors (Lipinski definition) is 2. The van der Waals surface area contributed by atoms with E-state index in [2.05, 4.69) is 20.9 Å². The minimum atomic E-state index is -4.31. The quantitative estimate of drug-likeness (QED) is 0.224. The van der Waals surface area contributed by atoms with Gasteiger partial charge in [0.25, 0.3) is 0 Å². The maximum absolute atomic E-state index is 12.5. The van der Waals surface area contributed by atoms with Crippen molar-refractivity contribution < 1.29 is 18.0 Å². The Hall–Kier alpha value is -1.52. The smallest absolute Gasteiger partial charge is 0.357 e. The zero-order chi connectivity index (χ0) is 19.0. The largest absolute Gasteiger partial charge is 0.416 e. The first kappa shape index (κ1) is 23.5. The van der Waals surface area contributed by atoms with Crippen molar-refractivity contribution in [3.05, 3.63) is 35.4 Å². The van der Waals surface area contributed by atoms with Crippen molar-refractivity contribution in [3.8, 4) is 0 Å². The van der Waals surface area contributed by atoms with Crippen LogP contribution in [0.1, 0.15) is 30.9 Å². The fourth-order valence-corrected chi connectivity index (χ4v) is 2.36. The molecule has 3 N–H and O–H groups in total. The standard InChI is InChI=1S/C18H25F3N4O.HI/c1-2-22-17(25-12-11-23-16(26)14-5-6-14)24-10-9-13-3-7-15(8-4-13)18(19,20)21;/h3-4,7-8,14H,2,5-6,9-12H2,1H3,(H,23,26)(H2,22,24,25);1H. The molecule has 1 aromatic rings. The number of rotatable bonds is 8. The van der Waals surface area contributed by atoms with Crippen LogP contribution in [0, 0.1) is 5.92 Å². The molecule has 27 heavy (non-hydrogen) atoms. The van der Waals surface area contributed by atoms with E-state index in [0.29, 0.717) is 38.6 Å². The highest BCUT2D eigenvalue weighted by Gasteiger charge is 2.30. The van der Waals surface area contributed by atoms with Crippen LogP contribution in [-0.2, 0) is 17.4 Å². The van der Waals surface area contributed by atoms with Crippen molar-refractivity contribution in [2.75, 3.05) is 26.2 Å². The van der Waals surface area contributed by atoms with Gasteiger partial charge in [-0.1, -0.05) is 12.1 Å². The molecule has 1 amide bonds. The van der Waals surface area contributed by atoms with E-state index in [1.54, 1.807) is 0 Å². The minimum absolute atomic E-state index is 0. The number of halogens is 4. The second-order valence-electron chi connectivity index (χ2n) is 6.20. The molecule has 0 spiro atoms. The number of nitrogens with one attached hydrogen (secondary N) is 3. The first-order chi connectivity index (χ1) is 12.4. The molecule has 0 unspecified atom stereocenters. The lowest BCUT2D eigenvalue weighted by Crippen LogP contribution is -2.41. The van der Waals surface area contributed by atoms with Gasteiger partial charge < -0.3 is 16.0 Å². The number of carbonyl (C=O) groups is 1. The third-order valence-electron chi connectivity index (χ3n) is 3.96. The summed E-state index contributed by atoms with van der Waals surface area (Å²) >= 11 is 0. The van der Waals surface area contributed by atoms with Gasteiger partial charge in [-0.25, -0.2) is 0 Å². The maximum atomic E-state index is 12.5. The molecular weight excluding hydrogens is 472 g/mol.